The second kappa shape index (κ2) is 9.14. The van der Waals surface area contributed by atoms with Crippen molar-refractivity contribution in [2.24, 2.45) is 0 Å². The molecule has 0 amide bonds. The third kappa shape index (κ3) is 5.71. The van der Waals surface area contributed by atoms with E-state index in [2.05, 4.69) is 22.1 Å². The summed E-state index contributed by atoms with van der Waals surface area (Å²) in [4.78, 5) is 4.22. The fraction of sp³-hybridized carbons (Fsp3) is 0.136. The zero-order chi connectivity index (χ0) is 17.2. The van der Waals surface area contributed by atoms with Crippen LogP contribution in [0.2, 0.25) is 0 Å². The standard InChI is InChI=1S/C22H20N2O/c1-2-8-19(9-3-1)13-14-20-10-6-11-21(18-20)25-17-7-16-24-22-12-4-5-15-23-22/h1-6,8-12,15,18H,7,16-17H2,(H,23,24). The fourth-order valence-electron chi connectivity index (χ4n) is 2.28. The van der Waals surface area contributed by atoms with Crippen LogP contribution in [0.4, 0.5) is 5.82 Å². The van der Waals surface area contributed by atoms with E-state index >= 15 is 0 Å². The van der Waals surface area contributed by atoms with Crippen LogP contribution in [0.15, 0.2) is 79.0 Å². The summed E-state index contributed by atoms with van der Waals surface area (Å²) in [6.07, 6.45) is 2.68. The van der Waals surface area contributed by atoms with Gasteiger partial charge in [0.1, 0.15) is 11.6 Å². The van der Waals surface area contributed by atoms with E-state index in [4.69, 9.17) is 4.74 Å². The molecule has 0 aliphatic carbocycles. The molecule has 0 aliphatic rings. The Bertz CT molecular complexity index is 836. The highest BCUT2D eigenvalue weighted by atomic mass is 16.5. The molecule has 0 spiro atoms. The number of ether oxygens (including phenoxy) is 1. The lowest BCUT2D eigenvalue weighted by Gasteiger charge is -2.07. The molecule has 0 saturated carbocycles. The van der Waals surface area contributed by atoms with Gasteiger partial charge >= 0.3 is 0 Å². The number of pyridine rings is 1. The van der Waals surface area contributed by atoms with Crippen molar-refractivity contribution < 1.29 is 4.74 Å². The molecule has 3 nitrogen and oxygen atoms in total. The van der Waals surface area contributed by atoms with Crippen molar-refractivity contribution in [2.45, 2.75) is 6.42 Å². The van der Waals surface area contributed by atoms with Gasteiger partial charge in [-0.25, -0.2) is 4.98 Å². The summed E-state index contributed by atoms with van der Waals surface area (Å²) in [5.74, 6) is 8.07. The van der Waals surface area contributed by atoms with Crippen LogP contribution >= 0.6 is 0 Å². The summed E-state index contributed by atoms with van der Waals surface area (Å²) in [7, 11) is 0. The van der Waals surface area contributed by atoms with Crippen LogP contribution in [0.3, 0.4) is 0 Å². The molecular formula is C22H20N2O. The number of benzene rings is 2. The molecule has 1 aromatic heterocycles. The molecule has 0 unspecified atom stereocenters. The van der Waals surface area contributed by atoms with Gasteiger partial charge in [-0.05, 0) is 48.9 Å². The first-order valence-corrected chi connectivity index (χ1v) is 8.35. The van der Waals surface area contributed by atoms with Crippen molar-refractivity contribution in [1.82, 2.24) is 4.98 Å². The van der Waals surface area contributed by atoms with Gasteiger partial charge < -0.3 is 10.1 Å². The summed E-state index contributed by atoms with van der Waals surface area (Å²) in [6, 6.07) is 23.7. The molecule has 0 saturated heterocycles. The maximum Gasteiger partial charge on any atom is 0.125 e. The summed E-state index contributed by atoms with van der Waals surface area (Å²) >= 11 is 0. The number of nitrogens with one attached hydrogen (secondary N) is 1. The third-order valence-corrected chi connectivity index (χ3v) is 3.52. The molecule has 0 radical (unpaired) electrons. The Morgan fingerprint density at radius 1 is 0.840 bits per heavy atom. The number of anilines is 1. The summed E-state index contributed by atoms with van der Waals surface area (Å²) in [5, 5.41) is 3.27. The second-order valence-electron chi connectivity index (χ2n) is 5.49. The summed E-state index contributed by atoms with van der Waals surface area (Å²) in [5.41, 5.74) is 1.96. The van der Waals surface area contributed by atoms with Gasteiger partial charge in [0, 0.05) is 23.9 Å². The van der Waals surface area contributed by atoms with Crippen LogP contribution in [0.1, 0.15) is 17.5 Å². The molecule has 2 aromatic carbocycles. The first-order chi connectivity index (χ1) is 12.4. The highest BCUT2D eigenvalue weighted by Crippen LogP contribution is 2.13. The van der Waals surface area contributed by atoms with Crippen LogP contribution in [-0.4, -0.2) is 18.1 Å². The zero-order valence-electron chi connectivity index (χ0n) is 14.0. The predicted octanol–water partition coefficient (Wildman–Crippen LogP) is 4.36. The average Bonchev–Trinajstić information content (AvgIpc) is 2.68. The molecule has 1 N–H and O–H groups in total. The molecule has 3 heteroatoms. The van der Waals surface area contributed by atoms with E-state index in [9.17, 15) is 0 Å². The molecule has 3 aromatic rings. The first kappa shape index (κ1) is 16.6. The average molecular weight is 328 g/mol. The maximum atomic E-state index is 5.81. The van der Waals surface area contributed by atoms with Crippen molar-refractivity contribution in [3.8, 4) is 17.6 Å². The van der Waals surface area contributed by atoms with Crippen molar-refractivity contribution in [1.29, 1.82) is 0 Å². The molecule has 0 atom stereocenters. The highest BCUT2D eigenvalue weighted by Gasteiger charge is 1.96. The van der Waals surface area contributed by atoms with Gasteiger partial charge in [0.05, 0.1) is 6.61 Å². The number of nitrogens with zero attached hydrogens (tertiary/aromatic N) is 1. The van der Waals surface area contributed by atoms with E-state index in [-0.39, 0.29) is 0 Å². The Kier molecular flexibility index (Phi) is 6.07. The quantitative estimate of drug-likeness (QED) is 0.539. The first-order valence-electron chi connectivity index (χ1n) is 8.35. The van der Waals surface area contributed by atoms with Gasteiger partial charge in [0.2, 0.25) is 0 Å². The fourth-order valence-corrected chi connectivity index (χ4v) is 2.28. The molecular weight excluding hydrogens is 308 g/mol. The largest absolute Gasteiger partial charge is 0.493 e. The van der Waals surface area contributed by atoms with E-state index in [1.807, 2.05) is 72.8 Å². The van der Waals surface area contributed by atoms with Crippen molar-refractivity contribution in [3.05, 3.63) is 90.1 Å². The Balaban J connectivity index is 1.46. The number of aromatic nitrogens is 1. The van der Waals surface area contributed by atoms with E-state index < -0.39 is 0 Å². The molecule has 0 aliphatic heterocycles. The van der Waals surface area contributed by atoms with Gasteiger partial charge in [0.15, 0.2) is 0 Å². The number of rotatable bonds is 6. The minimum Gasteiger partial charge on any atom is -0.493 e. The predicted molar refractivity (Wildman–Crippen MR) is 102 cm³/mol. The van der Waals surface area contributed by atoms with Gasteiger partial charge in [-0.15, -0.1) is 0 Å². The molecule has 1 heterocycles. The lowest BCUT2D eigenvalue weighted by molar-refractivity contribution is 0.315. The molecule has 25 heavy (non-hydrogen) atoms. The Labute approximate surface area is 148 Å². The Hall–Kier alpha value is -3.25. The maximum absolute atomic E-state index is 5.81. The third-order valence-electron chi connectivity index (χ3n) is 3.52. The SMILES string of the molecule is C(#Cc1cccc(OCCCNc2ccccn2)c1)c1ccccc1. The molecule has 124 valence electrons. The van der Waals surface area contributed by atoms with Gasteiger partial charge in [-0.3, -0.25) is 0 Å². The molecule has 0 bridgehead atoms. The van der Waals surface area contributed by atoms with Crippen LogP contribution < -0.4 is 10.1 Å². The second-order valence-corrected chi connectivity index (χ2v) is 5.49. The van der Waals surface area contributed by atoms with Gasteiger partial charge in [0.25, 0.3) is 0 Å². The lowest BCUT2D eigenvalue weighted by atomic mass is 10.2. The lowest BCUT2D eigenvalue weighted by Crippen LogP contribution is -2.08. The minimum absolute atomic E-state index is 0.648. The monoisotopic (exact) mass is 328 g/mol. The molecule has 0 fully saturated rings. The van der Waals surface area contributed by atoms with E-state index in [1.165, 1.54) is 0 Å². The summed E-state index contributed by atoms with van der Waals surface area (Å²) < 4.78 is 5.81. The van der Waals surface area contributed by atoms with Crippen LogP contribution in [0.5, 0.6) is 5.75 Å². The smallest absolute Gasteiger partial charge is 0.125 e. The van der Waals surface area contributed by atoms with E-state index in [1.54, 1.807) is 6.20 Å². The van der Waals surface area contributed by atoms with Crippen molar-refractivity contribution in [3.63, 3.8) is 0 Å². The normalized spacial score (nSPS) is 9.76. The van der Waals surface area contributed by atoms with Crippen molar-refractivity contribution in [2.75, 3.05) is 18.5 Å². The van der Waals surface area contributed by atoms with Gasteiger partial charge in [-0.2, -0.15) is 0 Å². The Morgan fingerprint density at radius 2 is 1.64 bits per heavy atom. The van der Waals surface area contributed by atoms with E-state index in [0.29, 0.717) is 6.61 Å². The summed E-state index contributed by atoms with van der Waals surface area (Å²) in [6.45, 7) is 1.47. The van der Waals surface area contributed by atoms with Crippen LogP contribution in [0.25, 0.3) is 0 Å². The number of hydrogen-bond donors (Lipinski definition) is 1. The zero-order valence-corrected chi connectivity index (χ0v) is 14.0. The van der Waals surface area contributed by atoms with Crippen molar-refractivity contribution >= 4 is 5.82 Å². The minimum atomic E-state index is 0.648. The topological polar surface area (TPSA) is 34.1 Å². The van der Waals surface area contributed by atoms with Crippen LogP contribution in [0, 0.1) is 11.8 Å². The van der Waals surface area contributed by atoms with Gasteiger partial charge in [-0.1, -0.05) is 42.2 Å². The van der Waals surface area contributed by atoms with E-state index in [0.717, 1.165) is 35.7 Å². The Morgan fingerprint density at radius 3 is 2.48 bits per heavy atom. The van der Waals surface area contributed by atoms with Crippen LogP contribution in [-0.2, 0) is 0 Å². The number of hydrogen-bond acceptors (Lipinski definition) is 3. The molecule has 3 rings (SSSR count). The highest BCUT2D eigenvalue weighted by molar-refractivity contribution is 5.45.